The second-order valence-corrected chi connectivity index (χ2v) is 3.91. The summed E-state index contributed by atoms with van der Waals surface area (Å²) >= 11 is 0. The van der Waals surface area contributed by atoms with Crippen LogP contribution in [-0.4, -0.2) is 23.2 Å². The lowest BCUT2D eigenvalue weighted by Gasteiger charge is -1.95. The van der Waals surface area contributed by atoms with Crippen molar-refractivity contribution in [2.45, 2.75) is 19.8 Å². The van der Waals surface area contributed by atoms with E-state index in [0.29, 0.717) is 5.92 Å². The van der Waals surface area contributed by atoms with Gasteiger partial charge in [-0.3, -0.25) is 4.99 Å². The summed E-state index contributed by atoms with van der Waals surface area (Å²) in [5.74, 6) is 1.45. The summed E-state index contributed by atoms with van der Waals surface area (Å²) < 4.78 is 0. The lowest BCUT2D eigenvalue weighted by molar-refractivity contribution is 0.799. The van der Waals surface area contributed by atoms with Gasteiger partial charge in [0.1, 0.15) is 5.82 Å². The Morgan fingerprint density at radius 3 is 2.87 bits per heavy atom. The molecule has 3 nitrogen and oxygen atoms in total. The number of H-pyrrole nitrogens is 1. The summed E-state index contributed by atoms with van der Waals surface area (Å²) in [5, 5.41) is 0. The molecule has 78 valence electrons. The fraction of sp³-hybridized carbons (Fsp3) is 0.333. The molecule has 2 rings (SSSR count). The van der Waals surface area contributed by atoms with Crippen molar-refractivity contribution in [2.24, 2.45) is 4.99 Å². The standard InChI is InChI=1S/C12H15N3/c1-8(2)12-14-10-6-4-5-9(7-13-3)11(10)15-12/h4-8H,1-3H3,(H,14,15). The number of imidazole rings is 1. The molecule has 0 fully saturated rings. The Morgan fingerprint density at radius 2 is 2.20 bits per heavy atom. The monoisotopic (exact) mass is 201 g/mol. The van der Waals surface area contributed by atoms with Crippen LogP contribution in [0.2, 0.25) is 0 Å². The van der Waals surface area contributed by atoms with Gasteiger partial charge in [-0.25, -0.2) is 4.98 Å². The smallest absolute Gasteiger partial charge is 0.109 e. The summed E-state index contributed by atoms with van der Waals surface area (Å²) in [4.78, 5) is 11.9. The Bertz CT molecular complexity index is 495. The van der Waals surface area contributed by atoms with E-state index in [2.05, 4.69) is 28.8 Å². The third-order valence-corrected chi connectivity index (χ3v) is 2.38. The number of fused-ring (bicyclic) bond motifs is 1. The minimum absolute atomic E-state index is 0.420. The highest BCUT2D eigenvalue weighted by Crippen LogP contribution is 2.19. The normalized spacial score (nSPS) is 12.0. The van der Waals surface area contributed by atoms with Crippen molar-refractivity contribution < 1.29 is 0 Å². The molecule has 1 heterocycles. The minimum Gasteiger partial charge on any atom is -0.342 e. The summed E-state index contributed by atoms with van der Waals surface area (Å²) in [6.45, 7) is 4.26. The highest BCUT2D eigenvalue weighted by Gasteiger charge is 2.07. The zero-order valence-corrected chi connectivity index (χ0v) is 9.28. The van der Waals surface area contributed by atoms with Crippen molar-refractivity contribution in [1.82, 2.24) is 9.97 Å². The molecule has 0 aliphatic rings. The maximum atomic E-state index is 4.58. The number of nitrogens with one attached hydrogen (secondary N) is 1. The van der Waals surface area contributed by atoms with E-state index in [1.165, 1.54) is 0 Å². The van der Waals surface area contributed by atoms with Crippen molar-refractivity contribution in [3.05, 3.63) is 29.6 Å². The molecular weight excluding hydrogens is 186 g/mol. The molecule has 15 heavy (non-hydrogen) atoms. The van der Waals surface area contributed by atoms with Crippen LogP contribution in [0, 0.1) is 0 Å². The van der Waals surface area contributed by atoms with Crippen molar-refractivity contribution in [3.8, 4) is 0 Å². The number of aromatic nitrogens is 2. The Morgan fingerprint density at radius 1 is 1.40 bits per heavy atom. The minimum atomic E-state index is 0.420. The van der Waals surface area contributed by atoms with Gasteiger partial charge in [-0.1, -0.05) is 26.0 Å². The predicted molar refractivity (Wildman–Crippen MR) is 63.7 cm³/mol. The third-order valence-electron chi connectivity index (χ3n) is 2.38. The molecule has 0 spiro atoms. The van der Waals surface area contributed by atoms with Crippen LogP contribution in [0.25, 0.3) is 11.0 Å². The van der Waals surface area contributed by atoms with Gasteiger partial charge >= 0.3 is 0 Å². The van der Waals surface area contributed by atoms with E-state index in [1.54, 1.807) is 7.05 Å². The molecule has 0 unspecified atom stereocenters. The molecule has 3 heteroatoms. The van der Waals surface area contributed by atoms with Crippen molar-refractivity contribution in [1.29, 1.82) is 0 Å². The molecule has 0 radical (unpaired) electrons. The highest BCUT2D eigenvalue weighted by atomic mass is 14.9. The molecule has 2 aromatic rings. The molecule has 1 N–H and O–H groups in total. The van der Waals surface area contributed by atoms with Crippen LogP contribution in [0.5, 0.6) is 0 Å². The van der Waals surface area contributed by atoms with Crippen molar-refractivity contribution in [2.75, 3.05) is 7.05 Å². The Balaban J connectivity index is 2.64. The van der Waals surface area contributed by atoms with Gasteiger partial charge in [0.15, 0.2) is 0 Å². The number of para-hydroxylation sites is 1. The van der Waals surface area contributed by atoms with Gasteiger partial charge in [-0.2, -0.15) is 0 Å². The molecule has 0 bridgehead atoms. The fourth-order valence-corrected chi connectivity index (χ4v) is 1.59. The number of benzene rings is 1. The molecule has 1 aromatic carbocycles. The maximum Gasteiger partial charge on any atom is 0.109 e. The van der Waals surface area contributed by atoms with E-state index in [1.807, 2.05) is 24.4 Å². The molecular formula is C12H15N3. The van der Waals surface area contributed by atoms with Crippen molar-refractivity contribution >= 4 is 17.2 Å². The largest absolute Gasteiger partial charge is 0.342 e. The van der Waals surface area contributed by atoms with Crippen molar-refractivity contribution in [3.63, 3.8) is 0 Å². The SMILES string of the molecule is CN=Cc1cccc2[nH]c(C(C)C)nc12. The average Bonchev–Trinajstić information content (AvgIpc) is 2.63. The molecule has 0 saturated carbocycles. The van der Waals surface area contributed by atoms with E-state index < -0.39 is 0 Å². The topological polar surface area (TPSA) is 41.0 Å². The third kappa shape index (κ3) is 1.77. The summed E-state index contributed by atoms with van der Waals surface area (Å²) in [5.41, 5.74) is 3.15. The molecule has 0 saturated heterocycles. The number of nitrogens with zero attached hydrogens (tertiary/aromatic N) is 2. The fourth-order valence-electron chi connectivity index (χ4n) is 1.59. The van der Waals surface area contributed by atoms with Gasteiger partial charge in [-0.15, -0.1) is 0 Å². The second kappa shape index (κ2) is 3.85. The quantitative estimate of drug-likeness (QED) is 0.746. The van der Waals surface area contributed by atoms with Gasteiger partial charge in [-0.05, 0) is 6.07 Å². The number of rotatable bonds is 2. The molecule has 0 aliphatic heterocycles. The molecule has 0 amide bonds. The second-order valence-electron chi connectivity index (χ2n) is 3.91. The maximum absolute atomic E-state index is 4.58. The van der Waals surface area contributed by atoms with Gasteiger partial charge in [0.25, 0.3) is 0 Å². The van der Waals surface area contributed by atoms with E-state index in [-0.39, 0.29) is 0 Å². The lowest BCUT2D eigenvalue weighted by atomic mass is 10.2. The zero-order valence-electron chi connectivity index (χ0n) is 9.28. The van der Waals surface area contributed by atoms with Gasteiger partial charge < -0.3 is 4.98 Å². The van der Waals surface area contributed by atoms with E-state index in [0.717, 1.165) is 22.4 Å². The first-order chi connectivity index (χ1) is 7.22. The first kappa shape index (κ1) is 9.90. The Labute approximate surface area is 89.3 Å². The van der Waals surface area contributed by atoms with E-state index >= 15 is 0 Å². The lowest BCUT2D eigenvalue weighted by Crippen LogP contribution is -1.89. The summed E-state index contributed by atoms with van der Waals surface area (Å²) in [7, 11) is 1.77. The Hall–Kier alpha value is -1.64. The van der Waals surface area contributed by atoms with Gasteiger partial charge in [0.05, 0.1) is 11.0 Å². The van der Waals surface area contributed by atoms with Crippen LogP contribution in [0.3, 0.4) is 0 Å². The predicted octanol–water partition coefficient (Wildman–Crippen LogP) is 2.74. The Kier molecular flexibility index (Phi) is 2.54. The van der Waals surface area contributed by atoms with Crippen LogP contribution < -0.4 is 0 Å². The number of aliphatic imine (C=N–C) groups is 1. The van der Waals surface area contributed by atoms with Gasteiger partial charge in [0.2, 0.25) is 0 Å². The number of hydrogen-bond donors (Lipinski definition) is 1. The molecule has 0 aliphatic carbocycles. The average molecular weight is 201 g/mol. The summed E-state index contributed by atoms with van der Waals surface area (Å²) in [6.07, 6.45) is 1.84. The van der Waals surface area contributed by atoms with Crippen LogP contribution in [-0.2, 0) is 0 Å². The van der Waals surface area contributed by atoms with Crippen LogP contribution >= 0.6 is 0 Å². The molecule has 0 atom stereocenters. The van der Waals surface area contributed by atoms with Crippen LogP contribution in [0.15, 0.2) is 23.2 Å². The number of aromatic amines is 1. The number of hydrogen-bond acceptors (Lipinski definition) is 2. The van der Waals surface area contributed by atoms with E-state index in [9.17, 15) is 0 Å². The first-order valence-electron chi connectivity index (χ1n) is 5.13. The first-order valence-corrected chi connectivity index (χ1v) is 5.13. The van der Waals surface area contributed by atoms with E-state index in [4.69, 9.17) is 0 Å². The summed E-state index contributed by atoms with van der Waals surface area (Å²) in [6, 6.07) is 6.09. The zero-order chi connectivity index (χ0) is 10.8. The van der Waals surface area contributed by atoms with Gasteiger partial charge in [0, 0.05) is 24.7 Å². The van der Waals surface area contributed by atoms with Crippen LogP contribution in [0.4, 0.5) is 0 Å². The molecule has 1 aromatic heterocycles. The highest BCUT2D eigenvalue weighted by molar-refractivity contribution is 5.96. The van der Waals surface area contributed by atoms with Crippen LogP contribution in [0.1, 0.15) is 31.2 Å².